The third-order valence-electron chi connectivity index (χ3n) is 6.60. The zero-order chi connectivity index (χ0) is 24.7. The molecule has 2 unspecified atom stereocenters. The summed E-state index contributed by atoms with van der Waals surface area (Å²) >= 11 is 3.35. The Hall–Kier alpha value is -1.62. The molecule has 6 nitrogen and oxygen atoms in total. The van der Waals surface area contributed by atoms with Crippen molar-refractivity contribution in [1.82, 2.24) is 9.29 Å². The molecule has 2 aromatic rings. The van der Waals surface area contributed by atoms with E-state index in [-0.39, 0.29) is 35.0 Å². The van der Waals surface area contributed by atoms with E-state index in [0.29, 0.717) is 11.0 Å². The van der Waals surface area contributed by atoms with Crippen LogP contribution in [-0.2, 0) is 20.7 Å². The van der Waals surface area contributed by atoms with Gasteiger partial charge < -0.3 is 10.1 Å². The van der Waals surface area contributed by atoms with E-state index in [1.807, 2.05) is 13.8 Å². The Kier molecular flexibility index (Phi) is 7.07. The maximum absolute atomic E-state index is 13.8. The van der Waals surface area contributed by atoms with Gasteiger partial charge in [0.05, 0.1) is 11.7 Å². The van der Waals surface area contributed by atoms with Gasteiger partial charge in [0, 0.05) is 42.3 Å². The van der Waals surface area contributed by atoms with E-state index in [1.54, 1.807) is 18.2 Å². The van der Waals surface area contributed by atoms with Crippen molar-refractivity contribution in [2.75, 3.05) is 18.4 Å². The first-order valence-electron chi connectivity index (χ1n) is 11.5. The molecule has 0 bridgehead atoms. The number of pyridine rings is 1. The minimum Gasteiger partial charge on any atom is -0.369 e. The normalized spacial score (nSPS) is 22.1. The molecule has 186 valence electrons. The van der Waals surface area contributed by atoms with Gasteiger partial charge >= 0.3 is 0 Å². The average Bonchev–Trinajstić information content (AvgIpc) is 3.20. The molecule has 1 aromatic heterocycles. The van der Waals surface area contributed by atoms with Crippen molar-refractivity contribution in [2.24, 2.45) is 0 Å². The van der Waals surface area contributed by atoms with Gasteiger partial charge in [0.15, 0.2) is 0 Å². The lowest BCUT2D eigenvalue weighted by Crippen LogP contribution is -2.55. The molecule has 0 radical (unpaired) electrons. The van der Waals surface area contributed by atoms with E-state index >= 15 is 0 Å². The first-order chi connectivity index (χ1) is 15.9. The molecule has 10 heteroatoms. The van der Waals surface area contributed by atoms with E-state index in [2.05, 4.69) is 26.2 Å². The lowest BCUT2D eigenvalue weighted by atomic mass is 10.00. The SMILES string of the molecule is CC1CN(S(=O)(=O)c2cc(Br)cnc2NC(C)c2ccc(C(C)(F)F)cc2)CC2(CCCC2)O1. The first kappa shape index (κ1) is 25.5. The van der Waals surface area contributed by atoms with E-state index in [1.165, 1.54) is 22.6 Å². The van der Waals surface area contributed by atoms with Crippen molar-refractivity contribution >= 4 is 31.8 Å². The molecule has 0 amide bonds. The molecule has 1 saturated heterocycles. The number of hydrogen-bond donors (Lipinski definition) is 1. The van der Waals surface area contributed by atoms with Gasteiger partial charge in [0.1, 0.15) is 10.7 Å². The zero-order valence-corrected chi connectivity index (χ0v) is 21.9. The highest BCUT2D eigenvalue weighted by Crippen LogP contribution is 2.40. The van der Waals surface area contributed by atoms with Gasteiger partial charge in [-0.2, -0.15) is 4.31 Å². The highest BCUT2D eigenvalue weighted by atomic mass is 79.9. The Labute approximate surface area is 208 Å². The summed E-state index contributed by atoms with van der Waals surface area (Å²) in [7, 11) is -3.87. The van der Waals surface area contributed by atoms with Crippen molar-refractivity contribution in [1.29, 1.82) is 0 Å². The Balaban J connectivity index is 1.61. The van der Waals surface area contributed by atoms with Gasteiger partial charge in [-0.05, 0) is 54.2 Å². The van der Waals surface area contributed by atoms with Gasteiger partial charge in [-0.1, -0.05) is 37.1 Å². The van der Waals surface area contributed by atoms with E-state index < -0.39 is 21.5 Å². The van der Waals surface area contributed by atoms with Crippen LogP contribution in [0, 0.1) is 0 Å². The summed E-state index contributed by atoms with van der Waals surface area (Å²) in [5.74, 6) is -2.70. The Morgan fingerprint density at radius 3 is 2.53 bits per heavy atom. The van der Waals surface area contributed by atoms with Crippen LogP contribution in [0.15, 0.2) is 45.9 Å². The van der Waals surface area contributed by atoms with Crippen LogP contribution in [0.5, 0.6) is 0 Å². The average molecular weight is 558 g/mol. The van der Waals surface area contributed by atoms with Crippen LogP contribution in [0.1, 0.15) is 63.6 Å². The van der Waals surface area contributed by atoms with E-state index in [4.69, 9.17) is 4.74 Å². The van der Waals surface area contributed by atoms with Crippen molar-refractivity contribution in [3.8, 4) is 0 Å². The lowest BCUT2D eigenvalue weighted by Gasteiger charge is -2.43. The van der Waals surface area contributed by atoms with Gasteiger partial charge in [-0.15, -0.1) is 0 Å². The molecule has 2 fully saturated rings. The molecule has 1 aromatic carbocycles. The number of hydrogen-bond acceptors (Lipinski definition) is 5. The minimum atomic E-state index is -3.87. The van der Waals surface area contributed by atoms with Crippen LogP contribution in [0.4, 0.5) is 14.6 Å². The van der Waals surface area contributed by atoms with E-state index in [0.717, 1.165) is 38.2 Å². The predicted octanol–water partition coefficient (Wildman–Crippen LogP) is 5.85. The van der Waals surface area contributed by atoms with Crippen LogP contribution >= 0.6 is 15.9 Å². The summed E-state index contributed by atoms with van der Waals surface area (Å²) in [5, 5.41) is 3.17. The number of anilines is 1. The van der Waals surface area contributed by atoms with E-state index in [9.17, 15) is 17.2 Å². The second-order valence-corrected chi connectivity index (χ2v) is 12.3. The first-order valence-corrected chi connectivity index (χ1v) is 13.7. The molecule has 1 saturated carbocycles. The summed E-state index contributed by atoms with van der Waals surface area (Å²) in [5.41, 5.74) is 0.246. The molecule has 2 heterocycles. The third-order valence-corrected chi connectivity index (χ3v) is 8.86. The van der Waals surface area contributed by atoms with Gasteiger partial charge in [-0.3, -0.25) is 0 Å². The maximum Gasteiger partial charge on any atom is 0.270 e. The Morgan fingerprint density at radius 2 is 1.91 bits per heavy atom. The minimum absolute atomic E-state index is 0.0734. The second kappa shape index (κ2) is 9.44. The summed E-state index contributed by atoms with van der Waals surface area (Å²) in [6, 6.07) is 7.20. The standard InChI is InChI=1S/C24H30BrF2N3O3S/c1-16-14-30(15-24(33-16)10-4-5-11-24)34(31,32)21-12-20(25)13-28-22(21)29-17(2)18-6-8-19(9-7-18)23(3,26)27/h6-9,12-13,16-17H,4-5,10-11,14-15H2,1-3H3,(H,28,29). The van der Waals surface area contributed by atoms with Crippen LogP contribution in [0.2, 0.25) is 0 Å². The molecule has 1 aliphatic heterocycles. The number of rotatable bonds is 6. The molecule has 1 spiro atoms. The zero-order valence-electron chi connectivity index (χ0n) is 19.5. The lowest BCUT2D eigenvalue weighted by molar-refractivity contribution is -0.126. The molecular weight excluding hydrogens is 528 g/mol. The van der Waals surface area contributed by atoms with Crippen molar-refractivity contribution in [2.45, 2.75) is 75.0 Å². The number of nitrogens with one attached hydrogen (secondary N) is 1. The van der Waals surface area contributed by atoms with Crippen molar-refractivity contribution in [3.63, 3.8) is 0 Å². The number of ether oxygens (including phenoxy) is 1. The Morgan fingerprint density at radius 1 is 1.26 bits per heavy atom. The van der Waals surface area contributed by atoms with Crippen molar-refractivity contribution < 1.29 is 21.9 Å². The molecule has 2 aliphatic rings. The van der Waals surface area contributed by atoms with Crippen molar-refractivity contribution in [3.05, 3.63) is 52.1 Å². The number of benzene rings is 1. The van der Waals surface area contributed by atoms with Gasteiger partial charge in [0.2, 0.25) is 10.0 Å². The number of alkyl halides is 2. The van der Waals surface area contributed by atoms with Crippen LogP contribution in [0.3, 0.4) is 0 Å². The predicted molar refractivity (Wildman–Crippen MR) is 130 cm³/mol. The number of nitrogens with zero attached hydrogens (tertiary/aromatic N) is 2. The van der Waals surface area contributed by atoms with Gasteiger partial charge in [-0.25, -0.2) is 22.2 Å². The molecule has 4 rings (SSSR count). The Bertz CT molecular complexity index is 1130. The second-order valence-electron chi connectivity index (χ2n) is 9.49. The highest BCUT2D eigenvalue weighted by Gasteiger charge is 2.45. The number of sulfonamides is 1. The van der Waals surface area contributed by atoms with Crippen LogP contribution in [0.25, 0.3) is 0 Å². The third kappa shape index (κ3) is 5.29. The largest absolute Gasteiger partial charge is 0.369 e. The summed E-state index contributed by atoms with van der Waals surface area (Å²) in [6.07, 6.45) is 5.12. The fraction of sp³-hybridized carbons (Fsp3) is 0.542. The van der Waals surface area contributed by atoms with Crippen LogP contribution < -0.4 is 5.32 Å². The van der Waals surface area contributed by atoms with Gasteiger partial charge in [0.25, 0.3) is 5.92 Å². The fourth-order valence-corrected chi connectivity index (χ4v) is 7.07. The van der Waals surface area contributed by atoms with Crippen LogP contribution in [-0.4, -0.2) is 42.5 Å². The highest BCUT2D eigenvalue weighted by molar-refractivity contribution is 9.10. The molecular formula is C24H30BrF2N3O3S. The summed E-state index contributed by atoms with van der Waals surface area (Å²) in [4.78, 5) is 4.43. The topological polar surface area (TPSA) is 71.5 Å². The maximum atomic E-state index is 13.8. The number of morpholine rings is 1. The molecule has 1 N–H and O–H groups in total. The molecule has 1 aliphatic carbocycles. The summed E-state index contributed by atoms with van der Waals surface area (Å²) in [6.45, 7) is 5.20. The number of halogens is 3. The fourth-order valence-electron chi connectivity index (χ4n) is 4.87. The summed E-state index contributed by atoms with van der Waals surface area (Å²) < 4.78 is 63.0. The monoisotopic (exact) mass is 557 g/mol. The smallest absolute Gasteiger partial charge is 0.270 e. The number of aromatic nitrogens is 1. The quantitative estimate of drug-likeness (QED) is 0.482. The molecule has 34 heavy (non-hydrogen) atoms. The molecule has 2 atom stereocenters.